The first-order valence-electron chi connectivity index (χ1n) is 15.2. The van der Waals surface area contributed by atoms with Crippen molar-refractivity contribution >= 4 is 28.9 Å². The van der Waals surface area contributed by atoms with E-state index in [1.165, 1.54) is 42.5 Å². The zero-order valence-corrected chi connectivity index (χ0v) is 24.2. The van der Waals surface area contributed by atoms with Crippen LogP contribution in [0, 0.1) is 6.92 Å². The van der Waals surface area contributed by atoms with Gasteiger partial charge in [0, 0.05) is 30.5 Å². The van der Waals surface area contributed by atoms with Gasteiger partial charge in [0.1, 0.15) is 5.82 Å². The van der Waals surface area contributed by atoms with Crippen molar-refractivity contribution in [2.24, 2.45) is 5.73 Å². The van der Waals surface area contributed by atoms with Gasteiger partial charge in [0.2, 0.25) is 0 Å². The van der Waals surface area contributed by atoms with E-state index in [1.54, 1.807) is 5.56 Å². The zero-order valence-electron chi connectivity index (χ0n) is 24.2. The Morgan fingerprint density at radius 3 is 2.51 bits per heavy atom. The smallest absolute Gasteiger partial charge is 0.271 e. The fraction of sp³-hybridized carbons (Fsp3) is 0.485. The number of aliphatic hydroxyl groups excluding tert-OH is 1. The number of hydrogen-bond donors (Lipinski definition) is 4. The number of aliphatic hydroxyl groups is 1. The van der Waals surface area contributed by atoms with Crippen LogP contribution in [0.25, 0.3) is 0 Å². The molecule has 0 atom stereocenters. The Hall–Kier alpha value is -3.65. The number of hydrogen-bond acceptors (Lipinski definition) is 7. The number of benzene rings is 2. The number of nitrogens with two attached hydrogens (primary N) is 1. The predicted molar refractivity (Wildman–Crippen MR) is 164 cm³/mol. The lowest BCUT2D eigenvalue weighted by Crippen LogP contribution is -2.41. The van der Waals surface area contributed by atoms with Gasteiger partial charge >= 0.3 is 0 Å². The van der Waals surface area contributed by atoms with Crippen molar-refractivity contribution in [2.45, 2.75) is 89.2 Å². The highest BCUT2D eigenvalue weighted by atomic mass is 16.3. The summed E-state index contributed by atoms with van der Waals surface area (Å²) in [5.41, 5.74) is 13.3. The largest absolute Gasteiger partial charge is 0.393 e. The van der Waals surface area contributed by atoms with E-state index in [4.69, 9.17) is 10.7 Å². The van der Waals surface area contributed by atoms with Gasteiger partial charge in [-0.1, -0.05) is 31.2 Å². The van der Waals surface area contributed by atoms with Crippen LogP contribution in [-0.2, 0) is 18.3 Å². The summed E-state index contributed by atoms with van der Waals surface area (Å²) in [7, 11) is 0. The topological polar surface area (TPSA) is 116 Å². The molecule has 8 nitrogen and oxygen atoms in total. The number of nitrogens with zero attached hydrogens (tertiary/aromatic N) is 3. The lowest BCUT2D eigenvalue weighted by atomic mass is 9.73. The van der Waals surface area contributed by atoms with Crippen LogP contribution >= 0.6 is 0 Å². The molecule has 2 aromatic carbocycles. The van der Waals surface area contributed by atoms with Crippen molar-refractivity contribution in [3.63, 3.8) is 0 Å². The van der Waals surface area contributed by atoms with Gasteiger partial charge in [-0.15, -0.1) is 0 Å². The first-order chi connectivity index (χ1) is 19.8. The molecule has 2 aliphatic carbocycles. The molecule has 1 aromatic heterocycles. The van der Waals surface area contributed by atoms with Crippen LogP contribution < -0.4 is 21.3 Å². The molecule has 3 aliphatic rings. The lowest BCUT2D eigenvalue weighted by Gasteiger charge is -2.41. The molecular weight excluding hydrogens is 512 g/mol. The molecule has 0 unspecified atom stereocenters. The van der Waals surface area contributed by atoms with Gasteiger partial charge < -0.3 is 26.4 Å². The van der Waals surface area contributed by atoms with Gasteiger partial charge in [-0.25, -0.2) is 9.97 Å². The van der Waals surface area contributed by atoms with Crippen LogP contribution in [0.4, 0.5) is 23.0 Å². The summed E-state index contributed by atoms with van der Waals surface area (Å²) in [6.07, 6.45) is 8.52. The van der Waals surface area contributed by atoms with Gasteiger partial charge in [-0.05, 0) is 105 Å². The van der Waals surface area contributed by atoms with Gasteiger partial charge in [0.25, 0.3) is 5.91 Å². The summed E-state index contributed by atoms with van der Waals surface area (Å²) in [6, 6.07) is 15.6. The predicted octanol–water partition coefficient (Wildman–Crippen LogP) is 5.39. The molecule has 1 spiro atoms. The van der Waals surface area contributed by atoms with Crippen LogP contribution in [0.5, 0.6) is 0 Å². The third-order valence-corrected chi connectivity index (χ3v) is 9.56. The van der Waals surface area contributed by atoms with Crippen molar-refractivity contribution in [3.8, 4) is 0 Å². The quantitative estimate of drug-likeness (QED) is 0.309. The standard InChI is InChI=1S/C33H42N6O2/c1-3-27-31(35-23-8-11-25(40)12-9-23)38-32(29(37-27)30(34)41)36-24-10-13-28(21(2)20-24)39-18-16-33(17-19-39)15-14-22-6-4-5-7-26(22)33/h4-7,10,13,20,23,25,40H,3,8-9,11-12,14-19H2,1-2H3,(H2,34,41)(H2,35,36,38)/t23-,25-. The van der Waals surface area contributed by atoms with Crippen molar-refractivity contribution in [1.82, 2.24) is 9.97 Å². The van der Waals surface area contributed by atoms with E-state index >= 15 is 0 Å². The molecule has 1 amide bonds. The van der Waals surface area contributed by atoms with E-state index in [0.29, 0.717) is 23.5 Å². The number of fused-ring (bicyclic) bond motifs is 2. The van der Waals surface area contributed by atoms with Gasteiger partial charge in [-0.3, -0.25) is 4.79 Å². The van der Waals surface area contributed by atoms with Crippen LogP contribution in [0.15, 0.2) is 42.5 Å². The van der Waals surface area contributed by atoms with E-state index in [-0.39, 0.29) is 17.8 Å². The molecule has 2 fully saturated rings. The third-order valence-electron chi connectivity index (χ3n) is 9.56. The molecule has 1 aliphatic heterocycles. The minimum absolute atomic E-state index is 0.145. The van der Waals surface area contributed by atoms with Crippen LogP contribution in [0.3, 0.4) is 0 Å². The molecule has 2 heterocycles. The first kappa shape index (κ1) is 27.5. The fourth-order valence-electron chi connectivity index (χ4n) is 7.19. The van der Waals surface area contributed by atoms with E-state index in [2.05, 4.69) is 63.8 Å². The highest BCUT2D eigenvalue weighted by Crippen LogP contribution is 2.47. The molecule has 0 radical (unpaired) electrons. The summed E-state index contributed by atoms with van der Waals surface area (Å²) in [5, 5.41) is 16.7. The van der Waals surface area contributed by atoms with Crippen LogP contribution in [-0.4, -0.2) is 46.2 Å². The number of aromatic nitrogens is 2. The van der Waals surface area contributed by atoms with Crippen LogP contribution in [0.2, 0.25) is 0 Å². The average molecular weight is 555 g/mol. The highest BCUT2D eigenvalue weighted by molar-refractivity contribution is 5.96. The second-order valence-corrected chi connectivity index (χ2v) is 12.1. The summed E-state index contributed by atoms with van der Waals surface area (Å²) < 4.78 is 0. The number of carbonyl (C=O) groups is 1. The summed E-state index contributed by atoms with van der Waals surface area (Å²) in [6.45, 7) is 6.23. The lowest BCUT2D eigenvalue weighted by molar-refractivity contribution is 0.0996. The molecule has 216 valence electrons. The molecule has 6 rings (SSSR count). The van der Waals surface area contributed by atoms with E-state index in [1.807, 2.05) is 13.0 Å². The molecule has 3 aromatic rings. The Bertz CT molecular complexity index is 1420. The van der Waals surface area contributed by atoms with Crippen molar-refractivity contribution in [2.75, 3.05) is 28.6 Å². The number of rotatable bonds is 7. The minimum atomic E-state index is -0.605. The second kappa shape index (κ2) is 11.3. The molecule has 1 saturated heterocycles. The maximum absolute atomic E-state index is 12.4. The summed E-state index contributed by atoms with van der Waals surface area (Å²) in [5.74, 6) is 0.427. The molecular formula is C33H42N6O2. The maximum Gasteiger partial charge on any atom is 0.271 e. The summed E-state index contributed by atoms with van der Waals surface area (Å²) >= 11 is 0. The molecule has 41 heavy (non-hydrogen) atoms. The summed E-state index contributed by atoms with van der Waals surface area (Å²) in [4.78, 5) is 24.3. The van der Waals surface area contributed by atoms with Gasteiger partial charge in [0.15, 0.2) is 11.5 Å². The number of piperidine rings is 1. The SMILES string of the molecule is CCc1nc(C(N)=O)c(Nc2ccc(N3CCC4(CCc5ccccc54)CC3)c(C)c2)nc1N[C@H]1CC[C@H](O)CC1. The third kappa shape index (κ3) is 5.49. The number of primary amides is 1. The number of aryl methyl sites for hydroxylation is 3. The Labute approximate surface area is 242 Å². The number of amides is 1. The van der Waals surface area contributed by atoms with E-state index in [9.17, 15) is 9.90 Å². The van der Waals surface area contributed by atoms with Crippen molar-refractivity contribution < 1.29 is 9.90 Å². The Morgan fingerprint density at radius 1 is 1.05 bits per heavy atom. The Morgan fingerprint density at radius 2 is 1.80 bits per heavy atom. The van der Waals surface area contributed by atoms with Crippen molar-refractivity contribution in [1.29, 1.82) is 0 Å². The number of anilines is 4. The maximum atomic E-state index is 12.4. The van der Waals surface area contributed by atoms with Crippen molar-refractivity contribution in [3.05, 3.63) is 70.5 Å². The fourth-order valence-corrected chi connectivity index (χ4v) is 7.19. The molecule has 0 bridgehead atoms. The minimum Gasteiger partial charge on any atom is -0.393 e. The van der Waals surface area contributed by atoms with E-state index in [0.717, 1.165) is 50.2 Å². The molecule has 5 N–H and O–H groups in total. The monoisotopic (exact) mass is 554 g/mol. The highest BCUT2D eigenvalue weighted by Gasteiger charge is 2.41. The number of carbonyl (C=O) groups excluding carboxylic acids is 1. The van der Waals surface area contributed by atoms with Crippen LogP contribution in [0.1, 0.15) is 84.7 Å². The Kier molecular flexibility index (Phi) is 7.60. The van der Waals surface area contributed by atoms with E-state index < -0.39 is 5.91 Å². The van der Waals surface area contributed by atoms with Gasteiger partial charge in [-0.2, -0.15) is 0 Å². The molecule has 8 heteroatoms. The molecule has 1 saturated carbocycles. The van der Waals surface area contributed by atoms with Gasteiger partial charge in [0.05, 0.1) is 11.8 Å². The Balaban J connectivity index is 1.19. The second-order valence-electron chi connectivity index (χ2n) is 12.1. The average Bonchev–Trinajstić information content (AvgIpc) is 3.33. The zero-order chi connectivity index (χ0) is 28.6. The first-order valence-corrected chi connectivity index (χ1v) is 15.2. The number of nitrogens with one attached hydrogen (secondary N) is 2. The normalized spacial score (nSPS) is 21.5.